The Morgan fingerprint density at radius 2 is 2.08 bits per heavy atom. The number of carbonyl (C=O) groups is 3. The number of carbonyl (C=O) groups excluding carboxylic acids is 3. The van der Waals surface area contributed by atoms with Crippen molar-refractivity contribution >= 4 is 23.5 Å². The zero-order valence-corrected chi connectivity index (χ0v) is 13.5. The zero-order valence-electron chi connectivity index (χ0n) is 13.5. The number of rotatable bonds is 3. The van der Waals surface area contributed by atoms with Crippen LogP contribution in [-0.4, -0.2) is 49.0 Å². The van der Waals surface area contributed by atoms with Gasteiger partial charge >= 0.3 is 5.97 Å². The van der Waals surface area contributed by atoms with Crippen molar-refractivity contribution < 1.29 is 23.9 Å². The van der Waals surface area contributed by atoms with Crippen LogP contribution in [0.25, 0.3) is 0 Å². The molecule has 0 spiro atoms. The number of likely N-dealkylation sites (tertiary alicyclic amines) is 1. The van der Waals surface area contributed by atoms with Gasteiger partial charge < -0.3 is 19.7 Å². The predicted molar refractivity (Wildman–Crippen MR) is 85.8 cm³/mol. The number of ether oxygens (including phenoxy) is 2. The Kier molecular flexibility index (Phi) is 4.69. The number of nitrogens with one attached hydrogen (secondary N) is 1. The first-order chi connectivity index (χ1) is 11.6. The number of esters is 1. The third kappa shape index (κ3) is 3.20. The van der Waals surface area contributed by atoms with Crippen LogP contribution in [0.3, 0.4) is 0 Å². The van der Waals surface area contributed by atoms with E-state index in [1.807, 2.05) is 0 Å². The average molecular weight is 332 g/mol. The van der Waals surface area contributed by atoms with Crippen molar-refractivity contribution in [2.24, 2.45) is 5.92 Å². The number of hydrogen-bond donors (Lipinski definition) is 1. The lowest BCUT2D eigenvalue weighted by molar-refractivity contribution is -0.149. The summed E-state index contributed by atoms with van der Waals surface area (Å²) in [5.41, 5.74) is 0.835. The molecule has 1 N–H and O–H groups in total. The van der Waals surface area contributed by atoms with Crippen molar-refractivity contribution in [1.29, 1.82) is 0 Å². The molecule has 1 fully saturated rings. The van der Waals surface area contributed by atoms with E-state index in [1.165, 1.54) is 0 Å². The van der Waals surface area contributed by atoms with Crippen molar-refractivity contribution in [1.82, 2.24) is 4.90 Å². The summed E-state index contributed by atoms with van der Waals surface area (Å²) in [6.07, 6.45) is 1.17. The molecule has 2 aliphatic rings. The normalized spacial score (nSPS) is 17.5. The summed E-state index contributed by atoms with van der Waals surface area (Å²) in [4.78, 5) is 37.8. The van der Waals surface area contributed by atoms with Gasteiger partial charge in [-0.05, 0) is 31.9 Å². The minimum absolute atomic E-state index is 0.0461. The zero-order chi connectivity index (χ0) is 17.1. The van der Waals surface area contributed by atoms with Crippen molar-refractivity contribution in [3.05, 3.63) is 23.8 Å². The van der Waals surface area contributed by atoms with Crippen molar-refractivity contribution in [3.63, 3.8) is 0 Å². The van der Waals surface area contributed by atoms with E-state index >= 15 is 0 Å². The van der Waals surface area contributed by atoms with Crippen LogP contribution in [0.2, 0.25) is 0 Å². The number of para-hydroxylation sites is 1. The Hall–Kier alpha value is -2.57. The molecule has 2 heterocycles. The molecule has 0 aliphatic carbocycles. The van der Waals surface area contributed by atoms with Crippen LogP contribution in [0.4, 0.5) is 5.69 Å². The lowest BCUT2D eigenvalue weighted by atomic mass is 9.96. The van der Waals surface area contributed by atoms with Crippen LogP contribution in [0.1, 0.15) is 30.1 Å². The summed E-state index contributed by atoms with van der Waals surface area (Å²) in [6, 6.07) is 5.13. The van der Waals surface area contributed by atoms with E-state index in [0.717, 1.165) is 0 Å². The highest BCUT2D eigenvalue weighted by molar-refractivity contribution is 6.06. The van der Waals surface area contributed by atoms with E-state index in [2.05, 4.69) is 5.32 Å². The standard InChI is InChI=1S/C17H20N2O5/c1-2-23-17(22)11-6-8-19(9-7-11)16(21)12-4-3-5-13-15(12)18-14(20)10-24-13/h3-5,11H,2,6-10H2,1H3,(H,18,20). The Balaban J connectivity index is 1.70. The second-order valence-corrected chi connectivity index (χ2v) is 5.83. The van der Waals surface area contributed by atoms with Crippen molar-refractivity contribution in [3.8, 4) is 5.75 Å². The number of amides is 2. The lowest BCUT2D eigenvalue weighted by Crippen LogP contribution is -2.41. The van der Waals surface area contributed by atoms with Gasteiger partial charge in [-0.15, -0.1) is 0 Å². The van der Waals surface area contributed by atoms with Crippen molar-refractivity contribution in [2.45, 2.75) is 19.8 Å². The fourth-order valence-electron chi connectivity index (χ4n) is 3.03. The summed E-state index contributed by atoms with van der Waals surface area (Å²) in [7, 11) is 0. The molecule has 7 heteroatoms. The predicted octanol–water partition coefficient (Wildman–Crippen LogP) is 1.43. The molecule has 0 atom stereocenters. The molecule has 0 bridgehead atoms. The Labute approximate surface area is 139 Å². The molecule has 24 heavy (non-hydrogen) atoms. The smallest absolute Gasteiger partial charge is 0.309 e. The number of piperidine rings is 1. The molecule has 0 unspecified atom stereocenters. The van der Waals surface area contributed by atoms with E-state index in [1.54, 1.807) is 30.0 Å². The van der Waals surface area contributed by atoms with E-state index in [-0.39, 0.29) is 30.3 Å². The lowest BCUT2D eigenvalue weighted by Gasteiger charge is -2.32. The second-order valence-electron chi connectivity index (χ2n) is 5.83. The average Bonchev–Trinajstić information content (AvgIpc) is 2.61. The number of anilines is 1. The highest BCUT2D eigenvalue weighted by Gasteiger charge is 2.31. The maximum Gasteiger partial charge on any atom is 0.309 e. The minimum Gasteiger partial charge on any atom is -0.482 e. The molecular weight excluding hydrogens is 312 g/mol. The SMILES string of the molecule is CCOC(=O)C1CCN(C(=O)c2cccc3c2NC(=O)CO3)CC1. The summed E-state index contributed by atoms with van der Waals surface area (Å²) in [5.74, 6) is -0.283. The van der Waals surface area contributed by atoms with Gasteiger partial charge in [0.1, 0.15) is 5.75 Å². The second kappa shape index (κ2) is 6.90. The molecule has 128 valence electrons. The summed E-state index contributed by atoms with van der Waals surface area (Å²) < 4.78 is 10.4. The highest BCUT2D eigenvalue weighted by atomic mass is 16.5. The monoisotopic (exact) mass is 332 g/mol. The quantitative estimate of drug-likeness (QED) is 0.847. The third-order valence-electron chi connectivity index (χ3n) is 4.28. The molecule has 2 amide bonds. The molecular formula is C17H20N2O5. The maximum atomic E-state index is 12.8. The maximum absolute atomic E-state index is 12.8. The number of nitrogens with zero attached hydrogens (tertiary/aromatic N) is 1. The summed E-state index contributed by atoms with van der Waals surface area (Å²) in [6.45, 7) is 3.08. The number of hydrogen-bond acceptors (Lipinski definition) is 5. The first-order valence-corrected chi connectivity index (χ1v) is 8.11. The van der Waals surface area contributed by atoms with Crippen LogP contribution in [0.5, 0.6) is 5.75 Å². The van der Waals surface area contributed by atoms with Gasteiger partial charge in [0.05, 0.1) is 23.8 Å². The van der Waals surface area contributed by atoms with Gasteiger partial charge in [0, 0.05) is 13.1 Å². The molecule has 3 rings (SSSR count). The van der Waals surface area contributed by atoms with Gasteiger partial charge in [0.2, 0.25) is 0 Å². The van der Waals surface area contributed by atoms with E-state index < -0.39 is 0 Å². The van der Waals surface area contributed by atoms with E-state index in [9.17, 15) is 14.4 Å². The van der Waals surface area contributed by atoms with Gasteiger partial charge in [-0.25, -0.2) is 0 Å². The third-order valence-corrected chi connectivity index (χ3v) is 4.28. The van der Waals surface area contributed by atoms with Gasteiger partial charge in [0.25, 0.3) is 11.8 Å². The Morgan fingerprint density at radius 3 is 2.79 bits per heavy atom. The molecule has 1 aromatic carbocycles. The van der Waals surface area contributed by atoms with Gasteiger partial charge in [0.15, 0.2) is 6.61 Å². The van der Waals surface area contributed by atoms with Crippen LogP contribution >= 0.6 is 0 Å². The van der Waals surface area contributed by atoms with Crippen LogP contribution in [0.15, 0.2) is 18.2 Å². The van der Waals surface area contributed by atoms with Crippen LogP contribution < -0.4 is 10.1 Å². The first-order valence-electron chi connectivity index (χ1n) is 8.11. The van der Waals surface area contributed by atoms with Crippen molar-refractivity contribution in [2.75, 3.05) is 31.6 Å². The van der Waals surface area contributed by atoms with Gasteiger partial charge in [-0.3, -0.25) is 14.4 Å². The van der Waals surface area contributed by atoms with Crippen LogP contribution in [-0.2, 0) is 14.3 Å². The molecule has 7 nitrogen and oxygen atoms in total. The molecule has 0 aromatic heterocycles. The van der Waals surface area contributed by atoms with Gasteiger partial charge in [-0.2, -0.15) is 0 Å². The van der Waals surface area contributed by atoms with Crippen LogP contribution in [0, 0.1) is 5.92 Å². The van der Waals surface area contributed by atoms with E-state index in [4.69, 9.17) is 9.47 Å². The first kappa shape index (κ1) is 16.3. The minimum atomic E-state index is -0.274. The summed E-state index contributed by atoms with van der Waals surface area (Å²) in [5, 5.41) is 2.71. The molecule has 1 saturated heterocycles. The molecule has 1 aromatic rings. The van der Waals surface area contributed by atoms with E-state index in [0.29, 0.717) is 49.5 Å². The number of fused-ring (bicyclic) bond motifs is 1. The molecule has 0 radical (unpaired) electrons. The topological polar surface area (TPSA) is 84.9 Å². The largest absolute Gasteiger partial charge is 0.482 e. The molecule has 2 aliphatic heterocycles. The number of benzene rings is 1. The van der Waals surface area contributed by atoms with Gasteiger partial charge in [-0.1, -0.05) is 6.07 Å². The Bertz CT molecular complexity index is 665. The molecule has 0 saturated carbocycles. The fraction of sp³-hybridized carbons (Fsp3) is 0.471. The summed E-state index contributed by atoms with van der Waals surface area (Å²) >= 11 is 0. The highest BCUT2D eigenvalue weighted by Crippen LogP contribution is 2.32. The Morgan fingerprint density at radius 1 is 1.33 bits per heavy atom. The fourth-order valence-corrected chi connectivity index (χ4v) is 3.03.